The third kappa shape index (κ3) is 2.04. The fourth-order valence-electron chi connectivity index (χ4n) is 2.79. The summed E-state index contributed by atoms with van der Waals surface area (Å²) in [5.41, 5.74) is 0.429. The van der Waals surface area contributed by atoms with Crippen molar-refractivity contribution in [3.63, 3.8) is 0 Å². The Bertz CT molecular complexity index is 674. The molecule has 1 aliphatic rings. The van der Waals surface area contributed by atoms with Gasteiger partial charge < -0.3 is 10.3 Å². The van der Waals surface area contributed by atoms with Gasteiger partial charge in [0.05, 0.1) is 6.20 Å². The summed E-state index contributed by atoms with van der Waals surface area (Å²) in [5.74, 6) is 2.67. The van der Waals surface area contributed by atoms with E-state index in [0.29, 0.717) is 17.4 Å². The first kappa shape index (κ1) is 13.3. The zero-order valence-electron chi connectivity index (χ0n) is 12.2. The Morgan fingerprint density at radius 2 is 2.30 bits per heavy atom. The van der Waals surface area contributed by atoms with Gasteiger partial charge in [-0.25, -0.2) is 9.50 Å². The van der Waals surface area contributed by atoms with Gasteiger partial charge in [-0.3, -0.25) is 4.79 Å². The highest BCUT2D eigenvalue weighted by molar-refractivity contribution is 5.42. The zero-order valence-corrected chi connectivity index (χ0v) is 12.2. The summed E-state index contributed by atoms with van der Waals surface area (Å²) < 4.78 is 1.73. The molecule has 6 nitrogen and oxygen atoms in total. The van der Waals surface area contributed by atoms with E-state index in [1.807, 2.05) is 0 Å². The van der Waals surface area contributed by atoms with Crippen LogP contribution >= 0.6 is 0 Å². The summed E-state index contributed by atoms with van der Waals surface area (Å²) in [6, 6.07) is 0. The van der Waals surface area contributed by atoms with Crippen molar-refractivity contribution in [3.8, 4) is 0 Å². The van der Waals surface area contributed by atoms with E-state index in [1.165, 1.54) is 0 Å². The number of H-pyrrole nitrogens is 1. The summed E-state index contributed by atoms with van der Waals surface area (Å²) in [6.45, 7) is 8.23. The van der Waals surface area contributed by atoms with Gasteiger partial charge in [0.25, 0.3) is 5.56 Å². The highest BCUT2D eigenvalue weighted by atomic mass is 16.1. The molecule has 1 saturated heterocycles. The van der Waals surface area contributed by atoms with Gasteiger partial charge in [-0.05, 0) is 18.9 Å². The van der Waals surface area contributed by atoms with Gasteiger partial charge in [0.15, 0.2) is 5.52 Å². The highest BCUT2D eigenvalue weighted by Gasteiger charge is 2.28. The van der Waals surface area contributed by atoms with E-state index >= 15 is 0 Å². The molecule has 2 N–H and O–H groups in total. The average Bonchev–Trinajstić information content (AvgIpc) is 3.04. The molecule has 0 radical (unpaired) electrons. The molecular weight excluding hydrogens is 254 g/mol. The number of fused-ring (bicyclic) bond motifs is 1. The normalized spacial score (nSPS) is 24.4. The van der Waals surface area contributed by atoms with Crippen LogP contribution in [0.4, 0.5) is 0 Å². The fraction of sp³-hybridized carbons (Fsp3) is 0.643. The maximum Gasteiger partial charge on any atom is 0.276 e. The van der Waals surface area contributed by atoms with Gasteiger partial charge in [-0.15, -0.1) is 0 Å². The number of aromatic nitrogens is 4. The molecule has 6 heteroatoms. The largest absolute Gasteiger partial charge is 0.316 e. The lowest BCUT2D eigenvalue weighted by Gasteiger charge is -2.14. The van der Waals surface area contributed by atoms with Crippen molar-refractivity contribution in [2.24, 2.45) is 5.92 Å². The monoisotopic (exact) mass is 275 g/mol. The van der Waals surface area contributed by atoms with Crippen LogP contribution in [0.15, 0.2) is 11.0 Å². The van der Waals surface area contributed by atoms with Crippen molar-refractivity contribution in [2.45, 2.75) is 39.0 Å². The summed E-state index contributed by atoms with van der Waals surface area (Å²) in [7, 11) is 0. The number of nitrogens with one attached hydrogen (secondary N) is 2. The maximum atomic E-state index is 12.2. The fourth-order valence-corrected chi connectivity index (χ4v) is 2.79. The lowest BCUT2D eigenvalue weighted by Crippen LogP contribution is -2.22. The van der Waals surface area contributed by atoms with Crippen LogP contribution in [0.5, 0.6) is 0 Å². The summed E-state index contributed by atoms with van der Waals surface area (Å²) in [4.78, 5) is 19.5. The molecule has 20 heavy (non-hydrogen) atoms. The van der Waals surface area contributed by atoms with Crippen molar-refractivity contribution in [2.75, 3.05) is 13.1 Å². The molecule has 3 heterocycles. The number of nitrogens with zero attached hydrogens (tertiary/aromatic N) is 3. The van der Waals surface area contributed by atoms with Crippen LogP contribution < -0.4 is 10.9 Å². The second kappa shape index (κ2) is 5.01. The van der Waals surface area contributed by atoms with Gasteiger partial charge in [-0.1, -0.05) is 20.8 Å². The van der Waals surface area contributed by atoms with E-state index < -0.39 is 0 Å². The minimum Gasteiger partial charge on any atom is -0.316 e. The third-order valence-electron chi connectivity index (χ3n) is 4.37. The Kier molecular flexibility index (Phi) is 3.33. The average molecular weight is 275 g/mol. The second-order valence-corrected chi connectivity index (χ2v) is 5.80. The number of imidazole rings is 1. The first-order valence-electron chi connectivity index (χ1n) is 7.30. The number of rotatable bonds is 3. The van der Waals surface area contributed by atoms with Crippen molar-refractivity contribution in [3.05, 3.63) is 28.2 Å². The van der Waals surface area contributed by atoms with E-state index in [9.17, 15) is 4.79 Å². The Balaban J connectivity index is 2.14. The Morgan fingerprint density at radius 1 is 1.50 bits per heavy atom. The predicted molar refractivity (Wildman–Crippen MR) is 77.1 cm³/mol. The molecule has 0 amide bonds. The second-order valence-electron chi connectivity index (χ2n) is 5.80. The number of aromatic amines is 1. The molecule has 2 aromatic rings. The standard InChI is InChI=1S/C14H21N5O/c1-4-8(2)13-16-7-11-14(20)17-12(18-19(11)13)10-6-15-5-9(10)3/h7-10,15H,4-6H2,1-3H3,(H,17,18,20). The van der Waals surface area contributed by atoms with Gasteiger partial charge in [0.2, 0.25) is 0 Å². The molecule has 0 bridgehead atoms. The van der Waals surface area contributed by atoms with Crippen LogP contribution in [0.1, 0.15) is 50.7 Å². The van der Waals surface area contributed by atoms with Crippen LogP contribution in [-0.4, -0.2) is 32.7 Å². The molecule has 0 aromatic carbocycles. The molecule has 1 aliphatic heterocycles. The molecule has 0 saturated carbocycles. The summed E-state index contributed by atoms with van der Waals surface area (Å²) >= 11 is 0. The molecule has 1 fully saturated rings. The van der Waals surface area contributed by atoms with Crippen molar-refractivity contribution >= 4 is 5.52 Å². The predicted octanol–water partition coefficient (Wildman–Crippen LogP) is 1.25. The van der Waals surface area contributed by atoms with Crippen LogP contribution in [0.25, 0.3) is 5.52 Å². The molecule has 3 atom stereocenters. The molecule has 3 unspecified atom stereocenters. The minimum atomic E-state index is -0.101. The summed E-state index contributed by atoms with van der Waals surface area (Å²) in [5, 5.41) is 8.00. The van der Waals surface area contributed by atoms with Gasteiger partial charge >= 0.3 is 0 Å². The van der Waals surface area contributed by atoms with Crippen LogP contribution in [-0.2, 0) is 0 Å². The Morgan fingerprint density at radius 3 is 2.95 bits per heavy atom. The van der Waals surface area contributed by atoms with E-state index in [2.05, 4.69) is 41.2 Å². The number of hydrogen-bond acceptors (Lipinski definition) is 4. The van der Waals surface area contributed by atoms with Crippen molar-refractivity contribution in [1.29, 1.82) is 0 Å². The van der Waals surface area contributed by atoms with Crippen LogP contribution in [0.3, 0.4) is 0 Å². The third-order valence-corrected chi connectivity index (χ3v) is 4.37. The molecule has 108 valence electrons. The molecule has 0 aliphatic carbocycles. The first-order chi connectivity index (χ1) is 9.61. The van der Waals surface area contributed by atoms with Gasteiger partial charge in [0.1, 0.15) is 11.6 Å². The smallest absolute Gasteiger partial charge is 0.276 e. The number of hydrogen-bond donors (Lipinski definition) is 2. The van der Waals surface area contributed by atoms with E-state index in [-0.39, 0.29) is 11.5 Å². The summed E-state index contributed by atoms with van der Waals surface area (Å²) in [6.07, 6.45) is 2.59. The SMILES string of the molecule is CCC(C)c1ncc2c(=O)[nH]c(C3CNCC3C)nn12. The minimum absolute atomic E-state index is 0.101. The lowest BCUT2D eigenvalue weighted by molar-refractivity contribution is 0.527. The van der Waals surface area contributed by atoms with E-state index in [4.69, 9.17) is 0 Å². The highest BCUT2D eigenvalue weighted by Crippen LogP contribution is 2.24. The Labute approximate surface area is 117 Å². The van der Waals surface area contributed by atoms with E-state index in [0.717, 1.165) is 31.2 Å². The maximum absolute atomic E-state index is 12.2. The molecular formula is C14H21N5O. The zero-order chi connectivity index (χ0) is 14.3. The molecule has 2 aromatic heterocycles. The Hall–Kier alpha value is -1.69. The molecule has 3 rings (SSSR count). The van der Waals surface area contributed by atoms with Crippen molar-refractivity contribution < 1.29 is 0 Å². The lowest BCUT2D eigenvalue weighted by atomic mass is 9.97. The van der Waals surface area contributed by atoms with Crippen LogP contribution in [0.2, 0.25) is 0 Å². The van der Waals surface area contributed by atoms with Crippen molar-refractivity contribution in [1.82, 2.24) is 24.9 Å². The van der Waals surface area contributed by atoms with Gasteiger partial charge in [-0.2, -0.15) is 5.10 Å². The topological polar surface area (TPSA) is 75.1 Å². The molecule has 0 spiro atoms. The quantitative estimate of drug-likeness (QED) is 0.884. The van der Waals surface area contributed by atoms with Gasteiger partial charge in [0, 0.05) is 18.4 Å². The first-order valence-corrected chi connectivity index (χ1v) is 7.30. The van der Waals surface area contributed by atoms with Crippen LogP contribution in [0, 0.1) is 5.92 Å². The van der Waals surface area contributed by atoms with E-state index in [1.54, 1.807) is 10.7 Å².